The number of carbonyl (C=O) groups excluding carboxylic acids is 2. The van der Waals surface area contributed by atoms with Crippen LogP contribution in [0.5, 0.6) is 0 Å². The van der Waals surface area contributed by atoms with E-state index in [9.17, 15) is 9.59 Å². The Morgan fingerprint density at radius 2 is 2.27 bits per heavy atom. The van der Waals surface area contributed by atoms with Crippen LogP contribution in [0.2, 0.25) is 0 Å². The minimum Gasteiger partial charge on any atom is -0.360 e. The normalized spacial score (nSPS) is 31.9. The SMILES string of the molecule is CCC(CC)N1C[C@]23C=C[C@H](O2)[C@H](C(=O)N(C)Cc2ccn[nH]2)[C@@H]3C1=O. The van der Waals surface area contributed by atoms with Gasteiger partial charge < -0.3 is 14.5 Å². The van der Waals surface area contributed by atoms with Crippen LogP contribution >= 0.6 is 0 Å². The van der Waals surface area contributed by atoms with E-state index in [1.807, 2.05) is 23.1 Å². The largest absolute Gasteiger partial charge is 0.360 e. The lowest BCUT2D eigenvalue weighted by Crippen LogP contribution is -2.45. The Kier molecular flexibility index (Phi) is 4.14. The molecular weight excluding hydrogens is 332 g/mol. The lowest BCUT2D eigenvalue weighted by Gasteiger charge is -2.29. The van der Waals surface area contributed by atoms with Gasteiger partial charge in [-0.2, -0.15) is 5.10 Å². The quantitative estimate of drug-likeness (QED) is 0.779. The van der Waals surface area contributed by atoms with Gasteiger partial charge >= 0.3 is 0 Å². The minimum atomic E-state index is -0.626. The highest BCUT2D eigenvalue weighted by atomic mass is 16.5. The molecule has 2 fully saturated rings. The lowest BCUT2D eigenvalue weighted by atomic mass is 9.76. The zero-order chi connectivity index (χ0) is 18.5. The number of fused-ring (bicyclic) bond motifs is 1. The summed E-state index contributed by atoms with van der Waals surface area (Å²) in [5, 5.41) is 6.80. The molecule has 1 aromatic heterocycles. The van der Waals surface area contributed by atoms with E-state index in [0.717, 1.165) is 18.5 Å². The van der Waals surface area contributed by atoms with E-state index in [4.69, 9.17) is 4.74 Å². The summed E-state index contributed by atoms with van der Waals surface area (Å²) < 4.78 is 6.20. The summed E-state index contributed by atoms with van der Waals surface area (Å²) >= 11 is 0. The van der Waals surface area contributed by atoms with E-state index in [0.29, 0.717) is 13.1 Å². The van der Waals surface area contributed by atoms with Gasteiger partial charge in [-0.15, -0.1) is 0 Å². The average molecular weight is 358 g/mol. The zero-order valence-electron chi connectivity index (χ0n) is 15.5. The minimum absolute atomic E-state index is 0.0411. The first-order valence-corrected chi connectivity index (χ1v) is 9.41. The van der Waals surface area contributed by atoms with Gasteiger partial charge in [0.05, 0.1) is 36.7 Å². The third kappa shape index (κ3) is 2.40. The van der Waals surface area contributed by atoms with Gasteiger partial charge in [-0.05, 0) is 18.9 Å². The van der Waals surface area contributed by atoms with Gasteiger partial charge in [-0.3, -0.25) is 14.7 Å². The number of nitrogens with zero attached hydrogens (tertiary/aromatic N) is 3. The molecule has 0 unspecified atom stereocenters. The van der Waals surface area contributed by atoms with Gasteiger partial charge in [-0.25, -0.2) is 0 Å². The predicted molar refractivity (Wildman–Crippen MR) is 94.9 cm³/mol. The highest BCUT2D eigenvalue weighted by molar-refractivity contribution is 5.93. The zero-order valence-corrected chi connectivity index (χ0v) is 15.5. The Hall–Kier alpha value is -2.15. The number of hydrogen-bond donors (Lipinski definition) is 1. The molecule has 4 atom stereocenters. The van der Waals surface area contributed by atoms with Crippen LogP contribution < -0.4 is 0 Å². The Morgan fingerprint density at radius 3 is 2.92 bits per heavy atom. The molecule has 1 N–H and O–H groups in total. The summed E-state index contributed by atoms with van der Waals surface area (Å²) in [7, 11) is 1.77. The highest BCUT2D eigenvalue weighted by Crippen LogP contribution is 2.52. The van der Waals surface area contributed by atoms with Crippen molar-refractivity contribution in [1.29, 1.82) is 0 Å². The summed E-state index contributed by atoms with van der Waals surface area (Å²) in [4.78, 5) is 30.0. The second-order valence-electron chi connectivity index (χ2n) is 7.61. The summed E-state index contributed by atoms with van der Waals surface area (Å²) in [5.74, 6) is -0.825. The van der Waals surface area contributed by atoms with Crippen molar-refractivity contribution in [3.8, 4) is 0 Å². The van der Waals surface area contributed by atoms with Crippen LogP contribution in [0.1, 0.15) is 32.4 Å². The van der Waals surface area contributed by atoms with Crippen molar-refractivity contribution in [2.75, 3.05) is 13.6 Å². The fourth-order valence-corrected chi connectivity index (χ4v) is 4.81. The van der Waals surface area contributed by atoms with Gasteiger partial charge in [0, 0.05) is 19.3 Å². The molecule has 1 aromatic rings. The summed E-state index contributed by atoms with van der Waals surface area (Å²) in [6, 6.07) is 2.05. The molecule has 2 amide bonds. The molecule has 0 radical (unpaired) electrons. The van der Waals surface area contributed by atoms with Gasteiger partial charge in [-0.1, -0.05) is 26.0 Å². The molecule has 0 aromatic carbocycles. The Labute approximate surface area is 153 Å². The molecule has 7 nitrogen and oxygen atoms in total. The van der Waals surface area contributed by atoms with E-state index in [1.165, 1.54) is 0 Å². The molecule has 140 valence electrons. The van der Waals surface area contributed by atoms with Crippen LogP contribution in [0.4, 0.5) is 0 Å². The first kappa shape index (κ1) is 17.3. The molecule has 1 spiro atoms. The van der Waals surface area contributed by atoms with Crippen molar-refractivity contribution in [2.45, 2.75) is 51.0 Å². The molecule has 2 saturated heterocycles. The van der Waals surface area contributed by atoms with Crippen LogP contribution in [0.3, 0.4) is 0 Å². The molecule has 2 bridgehead atoms. The number of likely N-dealkylation sites (tertiary alicyclic amines) is 1. The highest BCUT2D eigenvalue weighted by Gasteiger charge is 2.67. The van der Waals surface area contributed by atoms with E-state index in [1.54, 1.807) is 18.1 Å². The van der Waals surface area contributed by atoms with Crippen LogP contribution in [0.25, 0.3) is 0 Å². The number of carbonyl (C=O) groups is 2. The number of H-pyrrole nitrogens is 1. The molecule has 0 saturated carbocycles. The number of ether oxygens (including phenoxy) is 1. The molecule has 4 heterocycles. The van der Waals surface area contributed by atoms with Gasteiger partial charge in [0.25, 0.3) is 0 Å². The Balaban J connectivity index is 1.57. The first-order chi connectivity index (χ1) is 12.5. The smallest absolute Gasteiger partial charge is 0.230 e. The second-order valence-corrected chi connectivity index (χ2v) is 7.61. The topological polar surface area (TPSA) is 78.5 Å². The second kappa shape index (κ2) is 6.23. The molecule has 3 aliphatic rings. The average Bonchev–Trinajstić information content (AvgIpc) is 3.38. The molecular formula is C19H26N4O3. The number of nitrogens with one attached hydrogen (secondary N) is 1. The molecule has 7 heteroatoms. The Morgan fingerprint density at radius 1 is 1.50 bits per heavy atom. The fraction of sp³-hybridized carbons (Fsp3) is 0.632. The summed E-state index contributed by atoms with van der Waals surface area (Å²) in [6.07, 6.45) is 7.17. The van der Waals surface area contributed by atoms with Crippen molar-refractivity contribution < 1.29 is 14.3 Å². The summed E-state index contributed by atoms with van der Waals surface area (Å²) in [5.41, 5.74) is 0.242. The van der Waals surface area contributed by atoms with Crippen molar-refractivity contribution in [3.63, 3.8) is 0 Å². The maximum Gasteiger partial charge on any atom is 0.230 e. The molecule has 4 rings (SSSR count). The third-order valence-electron chi connectivity index (χ3n) is 6.14. The third-order valence-corrected chi connectivity index (χ3v) is 6.14. The monoisotopic (exact) mass is 358 g/mol. The van der Waals surface area contributed by atoms with Crippen molar-refractivity contribution in [1.82, 2.24) is 20.0 Å². The van der Waals surface area contributed by atoms with E-state index < -0.39 is 17.4 Å². The first-order valence-electron chi connectivity index (χ1n) is 9.41. The molecule has 26 heavy (non-hydrogen) atoms. The van der Waals surface area contributed by atoms with Crippen LogP contribution in [-0.2, 0) is 20.9 Å². The van der Waals surface area contributed by atoms with Crippen molar-refractivity contribution in [2.24, 2.45) is 11.8 Å². The Bertz CT molecular complexity index is 727. The number of hydrogen-bond acceptors (Lipinski definition) is 4. The van der Waals surface area contributed by atoms with Crippen LogP contribution in [0, 0.1) is 11.8 Å². The van der Waals surface area contributed by atoms with Crippen LogP contribution in [0.15, 0.2) is 24.4 Å². The molecule has 0 aliphatic carbocycles. The number of rotatable bonds is 6. The van der Waals surface area contributed by atoms with Crippen molar-refractivity contribution in [3.05, 3.63) is 30.1 Å². The summed E-state index contributed by atoms with van der Waals surface area (Å²) in [6.45, 7) is 5.20. The van der Waals surface area contributed by atoms with Crippen LogP contribution in [-0.4, -0.2) is 63.2 Å². The van der Waals surface area contributed by atoms with Gasteiger partial charge in [0.1, 0.15) is 5.60 Å². The standard InChI is InChI=1S/C19H26N4O3/c1-4-13(5-2)23-11-19-8-6-14(26-19)15(16(19)18(23)25)17(24)22(3)10-12-7-9-20-21-12/h6-9,13-16H,4-5,10-11H2,1-3H3,(H,20,21)/t14-,15-,16+,19-/m0/s1. The van der Waals surface area contributed by atoms with Gasteiger partial charge in [0.15, 0.2) is 0 Å². The maximum atomic E-state index is 13.2. The predicted octanol–water partition coefficient (Wildman–Crippen LogP) is 1.34. The van der Waals surface area contributed by atoms with Gasteiger partial charge in [0.2, 0.25) is 11.8 Å². The molecule has 3 aliphatic heterocycles. The lowest BCUT2D eigenvalue weighted by molar-refractivity contribution is -0.143. The number of aromatic nitrogens is 2. The van der Waals surface area contributed by atoms with Crippen molar-refractivity contribution >= 4 is 11.8 Å². The van der Waals surface area contributed by atoms with E-state index in [2.05, 4.69) is 24.0 Å². The number of amides is 2. The number of aromatic amines is 1. The maximum absolute atomic E-state index is 13.2. The van der Waals surface area contributed by atoms with E-state index in [-0.39, 0.29) is 24.0 Å². The van der Waals surface area contributed by atoms with E-state index >= 15 is 0 Å². The fourth-order valence-electron chi connectivity index (χ4n) is 4.81.